The fourth-order valence-electron chi connectivity index (χ4n) is 2.12. The van der Waals surface area contributed by atoms with E-state index < -0.39 is 0 Å². The third-order valence-electron chi connectivity index (χ3n) is 2.91. The first-order chi connectivity index (χ1) is 7.61. The van der Waals surface area contributed by atoms with Crippen molar-refractivity contribution < 1.29 is 4.79 Å². The van der Waals surface area contributed by atoms with Crippen molar-refractivity contribution in [3.05, 3.63) is 16.0 Å². The van der Waals surface area contributed by atoms with Gasteiger partial charge in [0.15, 0.2) is 0 Å². The minimum absolute atomic E-state index is 0.108. The Balaban J connectivity index is 2.42. The summed E-state index contributed by atoms with van der Waals surface area (Å²) in [4.78, 5) is 12.3. The van der Waals surface area contributed by atoms with Crippen molar-refractivity contribution in [3.63, 3.8) is 0 Å². The number of aryl methyl sites for hydroxylation is 1. The molecular formula is C12H14N2OS. The van der Waals surface area contributed by atoms with Crippen molar-refractivity contribution in [2.24, 2.45) is 5.92 Å². The molecule has 1 N–H and O–H groups in total. The second kappa shape index (κ2) is 4.26. The summed E-state index contributed by atoms with van der Waals surface area (Å²) in [6, 6.07) is 2.23. The van der Waals surface area contributed by atoms with Gasteiger partial charge < -0.3 is 5.32 Å². The lowest BCUT2D eigenvalue weighted by atomic mass is 9.88. The Morgan fingerprint density at radius 1 is 1.62 bits per heavy atom. The summed E-state index contributed by atoms with van der Waals surface area (Å²) < 4.78 is 0. The average Bonchev–Trinajstić information content (AvgIpc) is 2.53. The normalized spacial score (nSPS) is 18.7. The maximum Gasteiger partial charge on any atom is 0.221 e. The molecule has 0 aliphatic heterocycles. The summed E-state index contributed by atoms with van der Waals surface area (Å²) in [5.74, 6) is 0.530. The molecule has 0 spiro atoms. The Morgan fingerprint density at radius 2 is 2.38 bits per heavy atom. The van der Waals surface area contributed by atoms with Crippen LogP contribution in [0.15, 0.2) is 0 Å². The Kier molecular flexibility index (Phi) is 2.97. The van der Waals surface area contributed by atoms with Gasteiger partial charge in [0.1, 0.15) is 11.1 Å². The van der Waals surface area contributed by atoms with E-state index in [1.165, 1.54) is 18.2 Å². The van der Waals surface area contributed by atoms with Crippen LogP contribution in [0.4, 0.5) is 5.00 Å². The van der Waals surface area contributed by atoms with Crippen LogP contribution in [0.1, 0.15) is 36.3 Å². The van der Waals surface area contributed by atoms with Crippen molar-refractivity contribution in [2.75, 3.05) is 5.32 Å². The summed E-state index contributed by atoms with van der Waals surface area (Å²) in [7, 11) is 0. The molecule has 84 valence electrons. The second-order valence-corrected chi connectivity index (χ2v) is 5.45. The molecule has 1 aliphatic rings. The molecule has 0 bridgehead atoms. The predicted octanol–water partition coefficient (Wildman–Crippen LogP) is 2.70. The number of carbonyl (C=O) groups is 1. The summed E-state index contributed by atoms with van der Waals surface area (Å²) in [6.07, 6.45) is 3.18. The lowest BCUT2D eigenvalue weighted by Crippen LogP contribution is -2.10. The summed E-state index contributed by atoms with van der Waals surface area (Å²) in [5.41, 5.74) is 1.84. The molecule has 0 fully saturated rings. The number of thiophene rings is 1. The Hall–Kier alpha value is -1.34. The van der Waals surface area contributed by atoms with Crippen LogP contribution >= 0.6 is 11.3 Å². The van der Waals surface area contributed by atoms with E-state index in [0.717, 1.165) is 23.4 Å². The number of carbonyl (C=O) groups excluding carboxylic acids is 1. The van der Waals surface area contributed by atoms with Gasteiger partial charge in [-0.1, -0.05) is 6.92 Å². The largest absolute Gasteiger partial charge is 0.317 e. The molecular weight excluding hydrogens is 220 g/mol. The van der Waals surface area contributed by atoms with Crippen LogP contribution in [0.3, 0.4) is 0 Å². The van der Waals surface area contributed by atoms with Crippen LogP contribution in [0.25, 0.3) is 0 Å². The van der Waals surface area contributed by atoms with Gasteiger partial charge in [-0.05, 0) is 30.7 Å². The van der Waals surface area contributed by atoms with Gasteiger partial charge in [-0.3, -0.25) is 4.79 Å². The van der Waals surface area contributed by atoms with Crippen molar-refractivity contribution >= 4 is 22.2 Å². The first-order valence-electron chi connectivity index (χ1n) is 5.44. The van der Waals surface area contributed by atoms with Crippen molar-refractivity contribution in [1.29, 1.82) is 5.26 Å². The van der Waals surface area contributed by atoms with Gasteiger partial charge in [-0.15, -0.1) is 11.3 Å². The van der Waals surface area contributed by atoms with Gasteiger partial charge >= 0.3 is 0 Å². The first kappa shape index (κ1) is 11.2. The number of hydrogen-bond donors (Lipinski definition) is 1. The highest BCUT2D eigenvalue weighted by Crippen LogP contribution is 2.39. The van der Waals surface area contributed by atoms with E-state index in [1.807, 2.05) is 0 Å². The van der Waals surface area contributed by atoms with Gasteiger partial charge in [0.2, 0.25) is 5.91 Å². The maximum absolute atomic E-state index is 11.0. The molecule has 2 rings (SSSR count). The van der Waals surface area contributed by atoms with Crippen LogP contribution in [0.2, 0.25) is 0 Å². The molecule has 0 saturated carbocycles. The van der Waals surface area contributed by atoms with E-state index in [1.54, 1.807) is 11.3 Å². The van der Waals surface area contributed by atoms with Gasteiger partial charge in [0.25, 0.3) is 0 Å². The van der Waals surface area contributed by atoms with Crippen LogP contribution in [0, 0.1) is 17.2 Å². The quantitative estimate of drug-likeness (QED) is 0.812. The number of hydrogen-bond acceptors (Lipinski definition) is 3. The molecule has 0 radical (unpaired) electrons. The summed E-state index contributed by atoms with van der Waals surface area (Å²) >= 11 is 1.56. The zero-order valence-electron chi connectivity index (χ0n) is 9.46. The number of nitrogens with zero attached hydrogens (tertiary/aromatic N) is 1. The van der Waals surface area contributed by atoms with Crippen molar-refractivity contribution in [3.8, 4) is 6.07 Å². The molecule has 16 heavy (non-hydrogen) atoms. The molecule has 1 aromatic rings. The molecule has 1 amide bonds. The Morgan fingerprint density at radius 3 is 3.00 bits per heavy atom. The topological polar surface area (TPSA) is 52.9 Å². The fourth-order valence-corrected chi connectivity index (χ4v) is 3.36. The van der Waals surface area contributed by atoms with Crippen LogP contribution in [-0.2, 0) is 17.6 Å². The highest BCUT2D eigenvalue weighted by molar-refractivity contribution is 7.16. The average molecular weight is 234 g/mol. The van der Waals surface area contributed by atoms with Crippen molar-refractivity contribution in [2.45, 2.75) is 33.1 Å². The third kappa shape index (κ3) is 1.96. The number of nitrogens with one attached hydrogen (secondary N) is 1. The van der Waals surface area contributed by atoms with Gasteiger partial charge in [-0.2, -0.15) is 5.26 Å². The number of fused-ring (bicyclic) bond motifs is 1. The van der Waals surface area contributed by atoms with Crippen LogP contribution in [-0.4, -0.2) is 5.91 Å². The minimum Gasteiger partial charge on any atom is -0.317 e. The van der Waals surface area contributed by atoms with E-state index >= 15 is 0 Å². The summed E-state index contributed by atoms with van der Waals surface area (Å²) in [6.45, 7) is 3.68. The van der Waals surface area contributed by atoms with E-state index in [-0.39, 0.29) is 5.91 Å². The Labute approximate surface area is 99.1 Å². The molecule has 0 aromatic carbocycles. The molecule has 0 unspecified atom stereocenters. The number of anilines is 1. The van der Waals surface area contributed by atoms with Gasteiger partial charge in [0.05, 0.1) is 5.56 Å². The standard InChI is InChI=1S/C12H14N2OS/c1-7-3-4-11-9(5-7)10(6-13)12(16-11)14-8(2)15/h7H,3-5H2,1-2H3,(H,14,15)/t7-/m1/s1. The van der Waals surface area contributed by atoms with Crippen LogP contribution in [0.5, 0.6) is 0 Å². The van der Waals surface area contributed by atoms with Crippen molar-refractivity contribution in [1.82, 2.24) is 0 Å². The molecule has 1 atom stereocenters. The molecule has 3 nitrogen and oxygen atoms in total. The maximum atomic E-state index is 11.0. The molecule has 1 aliphatic carbocycles. The van der Waals surface area contributed by atoms with E-state index in [0.29, 0.717) is 11.5 Å². The predicted molar refractivity (Wildman–Crippen MR) is 64.5 cm³/mol. The summed E-state index contributed by atoms with van der Waals surface area (Å²) in [5, 5.41) is 12.7. The lowest BCUT2D eigenvalue weighted by molar-refractivity contribution is -0.114. The van der Waals surface area contributed by atoms with E-state index in [2.05, 4.69) is 18.3 Å². The number of amides is 1. The molecule has 0 saturated heterocycles. The highest BCUT2D eigenvalue weighted by Gasteiger charge is 2.24. The number of nitriles is 1. The third-order valence-corrected chi connectivity index (χ3v) is 4.12. The zero-order chi connectivity index (χ0) is 11.7. The zero-order valence-corrected chi connectivity index (χ0v) is 10.3. The molecule has 1 aromatic heterocycles. The van der Waals surface area contributed by atoms with E-state index in [4.69, 9.17) is 5.26 Å². The van der Waals surface area contributed by atoms with Crippen LogP contribution < -0.4 is 5.32 Å². The highest BCUT2D eigenvalue weighted by atomic mass is 32.1. The molecule has 1 heterocycles. The van der Waals surface area contributed by atoms with Gasteiger partial charge in [-0.25, -0.2) is 0 Å². The molecule has 4 heteroatoms. The monoisotopic (exact) mass is 234 g/mol. The fraction of sp³-hybridized carbons (Fsp3) is 0.500. The van der Waals surface area contributed by atoms with E-state index in [9.17, 15) is 4.79 Å². The number of rotatable bonds is 1. The first-order valence-corrected chi connectivity index (χ1v) is 6.25. The smallest absolute Gasteiger partial charge is 0.221 e. The van der Waals surface area contributed by atoms with Gasteiger partial charge in [0, 0.05) is 11.8 Å². The lowest BCUT2D eigenvalue weighted by Gasteiger charge is -2.17. The SMILES string of the molecule is CC(=O)Nc1sc2c(c1C#N)C[C@H](C)CC2. The second-order valence-electron chi connectivity index (χ2n) is 4.35. The Bertz CT molecular complexity index is 470. The minimum atomic E-state index is -0.108.